The molecule has 0 aromatic carbocycles. The summed E-state index contributed by atoms with van der Waals surface area (Å²) in [5, 5.41) is 2.21. The molecular weight excluding hydrogens is 304 g/mol. The molecule has 1 heterocycles. The van der Waals surface area contributed by atoms with E-state index < -0.39 is 31.0 Å². The lowest BCUT2D eigenvalue weighted by Crippen LogP contribution is -2.54. The van der Waals surface area contributed by atoms with Crippen molar-refractivity contribution in [3.05, 3.63) is 0 Å². The van der Waals surface area contributed by atoms with Crippen molar-refractivity contribution < 1.29 is 18.4 Å². The van der Waals surface area contributed by atoms with Crippen molar-refractivity contribution in [3.8, 4) is 0 Å². The molecule has 1 aliphatic rings. The van der Waals surface area contributed by atoms with E-state index in [1.54, 1.807) is 0 Å². The van der Waals surface area contributed by atoms with Crippen LogP contribution >= 0.6 is 12.4 Å². The van der Waals surface area contributed by atoms with Gasteiger partial charge in [0.05, 0.1) is 13.1 Å². The Kier molecular flexibility index (Phi) is 8.73. The lowest BCUT2D eigenvalue weighted by molar-refractivity contribution is -0.142. The number of rotatable bonds is 6. The van der Waals surface area contributed by atoms with Crippen LogP contribution in [0.5, 0.6) is 0 Å². The Balaban J connectivity index is 0.00000400. The molecule has 1 aliphatic heterocycles. The number of carbonyl (C=O) groups excluding carboxylic acids is 2. The average molecular weight is 328 g/mol. The van der Waals surface area contributed by atoms with E-state index >= 15 is 0 Å². The van der Waals surface area contributed by atoms with Gasteiger partial charge in [0, 0.05) is 13.0 Å². The molecule has 1 fully saturated rings. The zero-order valence-corrected chi connectivity index (χ0v) is 13.1. The minimum atomic E-state index is -3.11. The van der Waals surface area contributed by atoms with Gasteiger partial charge in [-0.1, -0.05) is 6.92 Å². The largest absolute Gasteiger partial charge is 0.348 e. The van der Waals surface area contributed by atoms with Crippen molar-refractivity contribution >= 4 is 24.2 Å². The molecule has 3 N–H and O–H groups in total. The molecule has 1 atom stereocenters. The van der Waals surface area contributed by atoms with Gasteiger partial charge in [0.25, 0.3) is 5.92 Å². The predicted octanol–water partition coefficient (Wildman–Crippen LogP) is 1.30. The number of hydrogen-bond donors (Lipinski definition) is 2. The predicted molar refractivity (Wildman–Crippen MR) is 78.5 cm³/mol. The number of amides is 2. The second-order valence-electron chi connectivity index (χ2n) is 5.13. The zero-order chi connectivity index (χ0) is 15.2. The fraction of sp³-hybridized carbons (Fsp3) is 0.846. The van der Waals surface area contributed by atoms with Crippen LogP contribution in [0, 0.1) is 0 Å². The van der Waals surface area contributed by atoms with E-state index in [1.165, 1.54) is 4.90 Å². The van der Waals surface area contributed by atoms with Gasteiger partial charge < -0.3 is 16.0 Å². The molecule has 1 rings (SSSR count). The Morgan fingerprint density at radius 2 is 2.05 bits per heavy atom. The monoisotopic (exact) mass is 327 g/mol. The number of nitrogens with two attached hydrogens (primary N) is 1. The summed E-state index contributed by atoms with van der Waals surface area (Å²) in [5.41, 5.74) is 4.92. The number of piperidine rings is 1. The van der Waals surface area contributed by atoms with E-state index in [9.17, 15) is 18.4 Å². The molecule has 1 saturated heterocycles. The molecule has 21 heavy (non-hydrogen) atoms. The summed E-state index contributed by atoms with van der Waals surface area (Å²) in [4.78, 5) is 25.5. The molecule has 2 amide bonds. The summed E-state index contributed by atoms with van der Waals surface area (Å²) in [6, 6.07) is -0.628. The normalized spacial score (nSPS) is 18.9. The summed E-state index contributed by atoms with van der Waals surface area (Å²) < 4.78 is 26.1. The van der Waals surface area contributed by atoms with Crippen LogP contribution in [-0.2, 0) is 9.59 Å². The maximum Gasteiger partial charge on any atom is 0.277 e. The molecule has 0 aromatic heterocycles. The van der Waals surface area contributed by atoms with Crippen LogP contribution in [-0.4, -0.2) is 48.3 Å². The second kappa shape index (κ2) is 9.15. The van der Waals surface area contributed by atoms with Crippen molar-refractivity contribution in [2.45, 2.75) is 51.0 Å². The van der Waals surface area contributed by atoms with E-state index in [4.69, 9.17) is 5.73 Å². The van der Waals surface area contributed by atoms with Crippen LogP contribution in [0.4, 0.5) is 8.78 Å². The van der Waals surface area contributed by atoms with Crippen LogP contribution in [0.3, 0.4) is 0 Å². The first-order valence-corrected chi connectivity index (χ1v) is 7.06. The molecule has 0 bridgehead atoms. The van der Waals surface area contributed by atoms with Gasteiger partial charge in [-0.15, -0.1) is 12.4 Å². The molecule has 124 valence electrons. The van der Waals surface area contributed by atoms with Gasteiger partial charge in [-0.05, 0) is 25.7 Å². The lowest BCUT2D eigenvalue weighted by Gasteiger charge is -2.35. The maximum atomic E-state index is 13.0. The van der Waals surface area contributed by atoms with E-state index in [2.05, 4.69) is 5.32 Å². The number of nitrogens with zero attached hydrogens (tertiary/aromatic N) is 1. The third-order valence-corrected chi connectivity index (χ3v) is 3.41. The number of hydrogen-bond acceptors (Lipinski definition) is 3. The Morgan fingerprint density at radius 3 is 2.62 bits per heavy atom. The van der Waals surface area contributed by atoms with Crippen LogP contribution in [0.15, 0.2) is 0 Å². The summed E-state index contributed by atoms with van der Waals surface area (Å²) in [7, 11) is 0. The van der Waals surface area contributed by atoms with E-state index in [0.29, 0.717) is 25.8 Å². The molecule has 5 nitrogen and oxygen atoms in total. The van der Waals surface area contributed by atoms with Crippen molar-refractivity contribution in [1.29, 1.82) is 0 Å². The van der Waals surface area contributed by atoms with Crippen LogP contribution in [0.2, 0.25) is 0 Å². The highest BCUT2D eigenvalue weighted by molar-refractivity contribution is 5.87. The van der Waals surface area contributed by atoms with Gasteiger partial charge in [-0.3, -0.25) is 9.59 Å². The molecular formula is C13H24ClF2N3O2. The second-order valence-corrected chi connectivity index (χ2v) is 5.13. The molecule has 0 spiro atoms. The van der Waals surface area contributed by atoms with Crippen LogP contribution in [0.1, 0.15) is 39.0 Å². The van der Waals surface area contributed by atoms with Gasteiger partial charge in [0.2, 0.25) is 11.8 Å². The van der Waals surface area contributed by atoms with Crippen molar-refractivity contribution in [1.82, 2.24) is 10.2 Å². The van der Waals surface area contributed by atoms with Gasteiger partial charge in [0.15, 0.2) is 0 Å². The van der Waals surface area contributed by atoms with Gasteiger partial charge >= 0.3 is 0 Å². The Morgan fingerprint density at radius 1 is 1.38 bits per heavy atom. The summed E-state index contributed by atoms with van der Waals surface area (Å²) in [5.74, 6) is -3.71. The van der Waals surface area contributed by atoms with Crippen molar-refractivity contribution in [3.63, 3.8) is 0 Å². The molecule has 0 aromatic rings. The number of halogens is 3. The summed E-state index contributed by atoms with van der Waals surface area (Å²) >= 11 is 0. The SMILES string of the molecule is CCCC(=O)N1CCCCC1C(=O)NCC(F)(F)CN.Cl. The zero-order valence-electron chi connectivity index (χ0n) is 12.2. The smallest absolute Gasteiger partial charge is 0.277 e. The summed E-state index contributed by atoms with van der Waals surface area (Å²) in [6.07, 6.45) is 3.27. The third kappa shape index (κ3) is 6.13. The highest BCUT2D eigenvalue weighted by atomic mass is 35.5. The highest BCUT2D eigenvalue weighted by Gasteiger charge is 2.34. The Labute approximate surface area is 130 Å². The standard InChI is InChI=1S/C13H23F2N3O2.ClH/c1-2-5-11(19)18-7-4-3-6-10(18)12(20)17-9-13(14,15)8-16;/h10H,2-9,16H2,1H3,(H,17,20);1H. The molecule has 8 heteroatoms. The van der Waals surface area contributed by atoms with Crippen molar-refractivity contribution in [2.24, 2.45) is 5.73 Å². The fourth-order valence-corrected chi connectivity index (χ4v) is 2.27. The lowest BCUT2D eigenvalue weighted by atomic mass is 10.0. The van der Waals surface area contributed by atoms with Crippen molar-refractivity contribution in [2.75, 3.05) is 19.6 Å². The van der Waals surface area contributed by atoms with Crippen LogP contribution < -0.4 is 11.1 Å². The minimum Gasteiger partial charge on any atom is -0.348 e. The molecule has 0 saturated carbocycles. The van der Waals surface area contributed by atoms with Gasteiger partial charge in [-0.25, -0.2) is 8.78 Å². The number of alkyl halides is 2. The van der Waals surface area contributed by atoms with E-state index in [1.807, 2.05) is 6.92 Å². The summed E-state index contributed by atoms with van der Waals surface area (Å²) in [6.45, 7) is 0.813. The first-order valence-electron chi connectivity index (χ1n) is 7.06. The average Bonchev–Trinajstić information content (AvgIpc) is 2.45. The Hall–Kier alpha value is -0.950. The molecule has 0 aliphatic carbocycles. The number of nitrogens with one attached hydrogen (secondary N) is 1. The fourth-order valence-electron chi connectivity index (χ4n) is 2.27. The van der Waals surface area contributed by atoms with E-state index in [0.717, 1.165) is 12.8 Å². The topological polar surface area (TPSA) is 75.4 Å². The maximum absolute atomic E-state index is 13.0. The van der Waals surface area contributed by atoms with Crippen LogP contribution in [0.25, 0.3) is 0 Å². The Bertz CT molecular complexity index is 356. The highest BCUT2D eigenvalue weighted by Crippen LogP contribution is 2.19. The first kappa shape index (κ1) is 20.1. The third-order valence-electron chi connectivity index (χ3n) is 3.41. The van der Waals surface area contributed by atoms with Gasteiger partial charge in [-0.2, -0.15) is 0 Å². The van der Waals surface area contributed by atoms with E-state index in [-0.39, 0.29) is 18.3 Å². The molecule has 0 radical (unpaired) electrons. The minimum absolute atomic E-state index is 0. The first-order chi connectivity index (χ1) is 9.41. The molecule has 1 unspecified atom stereocenters. The number of carbonyl (C=O) groups is 2. The quantitative estimate of drug-likeness (QED) is 0.772. The van der Waals surface area contributed by atoms with Gasteiger partial charge in [0.1, 0.15) is 6.04 Å². The number of likely N-dealkylation sites (tertiary alicyclic amines) is 1.